The van der Waals surface area contributed by atoms with Gasteiger partial charge >= 0.3 is 0 Å². The second kappa shape index (κ2) is 11.3. The number of benzene rings is 2. The average Bonchev–Trinajstić information content (AvgIpc) is 3.16. The monoisotopic (exact) mass is 484 g/mol. The summed E-state index contributed by atoms with van der Waals surface area (Å²) in [6, 6.07) is 9.33. The summed E-state index contributed by atoms with van der Waals surface area (Å²) in [6.07, 6.45) is 0.907. The number of fused-ring (bicyclic) bond motifs is 1. The van der Waals surface area contributed by atoms with Gasteiger partial charge in [0.15, 0.2) is 0 Å². The lowest BCUT2D eigenvalue weighted by atomic mass is 10.1. The van der Waals surface area contributed by atoms with Gasteiger partial charge in [-0.25, -0.2) is 13.8 Å². The summed E-state index contributed by atoms with van der Waals surface area (Å²) in [5.74, 6) is -0.986. The fourth-order valence-electron chi connectivity index (χ4n) is 4.60. The van der Waals surface area contributed by atoms with Crippen LogP contribution in [0.4, 0.5) is 8.78 Å². The molecule has 1 amide bonds. The Kier molecular flexibility index (Phi) is 8.13. The van der Waals surface area contributed by atoms with E-state index in [-0.39, 0.29) is 18.0 Å². The predicted molar refractivity (Wildman–Crippen MR) is 132 cm³/mol. The van der Waals surface area contributed by atoms with Gasteiger partial charge in [0.05, 0.1) is 36.4 Å². The summed E-state index contributed by atoms with van der Waals surface area (Å²) < 4.78 is 35.8. The standard InChI is InChI=1S/C27H34F2N4O2/c1-4-9-33-25-8-5-20(17-31-10-12-35-13-11-31)14-24(25)30-26(33)18-32(16-19(2)3)27(34)22-15-21(28)6-7-23(22)29/h5-8,14-15,19H,4,9-13,16-18H2,1-3H3. The molecule has 188 valence electrons. The number of imidazole rings is 1. The van der Waals surface area contributed by atoms with Crippen LogP contribution in [0.2, 0.25) is 0 Å². The number of morpholine rings is 1. The number of hydrogen-bond donors (Lipinski definition) is 0. The van der Waals surface area contributed by atoms with Crippen LogP contribution >= 0.6 is 0 Å². The number of amides is 1. The molecule has 3 aromatic rings. The van der Waals surface area contributed by atoms with Crippen LogP contribution in [0.15, 0.2) is 36.4 Å². The van der Waals surface area contributed by atoms with Gasteiger partial charge in [0, 0.05) is 32.7 Å². The highest BCUT2D eigenvalue weighted by Crippen LogP contribution is 2.23. The average molecular weight is 485 g/mol. The van der Waals surface area contributed by atoms with Crippen molar-refractivity contribution in [3.63, 3.8) is 0 Å². The van der Waals surface area contributed by atoms with Gasteiger partial charge in [-0.15, -0.1) is 0 Å². The second-order valence-corrected chi connectivity index (χ2v) is 9.59. The van der Waals surface area contributed by atoms with Gasteiger partial charge in [-0.3, -0.25) is 9.69 Å². The number of carbonyl (C=O) groups is 1. The molecule has 0 spiro atoms. The van der Waals surface area contributed by atoms with Crippen LogP contribution in [0.3, 0.4) is 0 Å². The van der Waals surface area contributed by atoms with Crippen LogP contribution in [0.1, 0.15) is 48.9 Å². The molecule has 0 unspecified atom stereocenters. The first-order valence-electron chi connectivity index (χ1n) is 12.4. The van der Waals surface area contributed by atoms with Crippen molar-refractivity contribution >= 4 is 16.9 Å². The Morgan fingerprint density at radius 1 is 1.14 bits per heavy atom. The number of halogens is 2. The van der Waals surface area contributed by atoms with Crippen molar-refractivity contribution in [1.82, 2.24) is 19.4 Å². The minimum Gasteiger partial charge on any atom is -0.379 e. The first kappa shape index (κ1) is 25.3. The van der Waals surface area contributed by atoms with Crippen molar-refractivity contribution < 1.29 is 18.3 Å². The Morgan fingerprint density at radius 2 is 1.91 bits per heavy atom. The summed E-state index contributed by atoms with van der Waals surface area (Å²) >= 11 is 0. The van der Waals surface area contributed by atoms with Crippen LogP contribution < -0.4 is 0 Å². The molecule has 1 saturated heterocycles. The molecule has 1 aliphatic rings. The van der Waals surface area contributed by atoms with E-state index in [1.165, 1.54) is 5.56 Å². The molecule has 1 aromatic heterocycles. The van der Waals surface area contributed by atoms with Crippen LogP contribution in [-0.2, 0) is 24.4 Å². The van der Waals surface area contributed by atoms with Crippen molar-refractivity contribution in [2.75, 3.05) is 32.8 Å². The van der Waals surface area contributed by atoms with E-state index < -0.39 is 17.5 Å². The zero-order chi connectivity index (χ0) is 24.9. The SMILES string of the molecule is CCCn1c(CN(CC(C)C)C(=O)c2cc(F)ccc2F)nc2cc(CN3CCOCC3)ccc21. The molecule has 6 nitrogen and oxygen atoms in total. The Hall–Kier alpha value is -2.84. The summed E-state index contributed by atoms with van der Waals surface area (Å²) in [7, 11) is 0. The van der Waals surface area contributed by atoms with Crippen LogP contribution in [0.5, 0.6) is 0 Å². The van der Waals surface area contributed by atoms with Gasteiger partial charge in [-0.1, -0.05) is 26.8 Å². The van der Waals surface area contributed by atoms with Crippen LogP contribution in [-0.4, -0.2) is 58.1 Å². The van der Waals surface area contributed by atoms with E-state index in [1.54, 1.807) is 4.90 Å². The Labute approximate surface area is 205 Å². The smallest absolute Gasteiger partial charge is 0.257 e. The lowest BCUT2D eigenvalue weighted by Gasteiger charge is -2.26. The summed E-state index contributed by atoms with van der Waals surface area (Å²) in [5.41, 5.74) is 2.83. The molecule has 0 aliphatic carbocycles. The highest BCUT2D eigenvalue weighted by molar-refractivity contribution is 5.94. The van der Waals surface area contributed by atoms with E-state index in [0.29, 0.717) is 6.54 Å². The molecule has 0 atom stereocenters. The molecule has 4 rings (SSSR count). The van der Waals surface area contributed by atoms with E-state index in [1.807, 2.05) is 13.8 Å². The van der Waals surface area contributed by atoms with E-state index >= 15 is 0 Å². The molecular formula is C27H34F2N4O2. The maximum Gasteiger partial charge on any atom is 0.257 e. The Balaban J connectivity index is 1.65. The molecule has 2 aromatic carbocycles. The minimum atomic E-state index is -0.722. The first-order valence-corrected chi connectivity index (χ1v) is 12.4. The van der Waals surface area contributed by atoms with Gasteiger partial charge in [0.25, 0.3) is 5.91 Å². The normalized spacial score (nSPS) is 14.7. The maximum atomic E-state index is 14.4. The number of aryl methyl sites for hydroxylation is 1. The lowest BCUT2D eigenvalue weighted by molar-refractivity contribution is 0.0342. The molecule has 0 N–H and O–H groups in total. The van der Waals surface area contributed by atoms with E-state index in [0.717, 1.165) is 80.9 Å². The van der Waals surface area contributed by atoms with Crippen molar-refractivity contribution in [2.24, 2.45) is 5.92 Å². The molecule has 1 aliphatic heterocycles. The fraction of sp³-hybridized carbons (Fsp3) is 0.481. The third-order valence-electron chi connectivity index (χ3n) is 6.21. The van der Waals surface area contributed by atoms with E-state index in [9.17, 15) is 13.6 Å². The fourth-order valence-corrected chi connectivity index (χ4v) is 4.60. The summed E-state index contributed by atoms with van der Waals surface area (Å²) in [6.45, 7) is 11.6. The highest BCUT2D eigenvalue weighted by Gasteiger charge is 2.24. The molecule has 0 radical (unpaired) electrons. The second-order valence-electron chi connectivity index (χ2n) is 9.59. The summed E-state index contributed by atoms with van der Waals surface area (Å²) in [4.78, 5) is 22.1. The largest absolute Gasteiger partial charge is 0.379 e. The zero-order valence-corrected chi connectivity index (χ0v) is 20.8. The van der Waals surface area contributed by atoms with Crippen molar-refractivity contribution in [3.8, 4) is 0 Å². The number of carbonyl (C=O) groups excluding carboxylic acids is 1. The van der Waals surface area contributed by atoms with Gasteiger partial charge in [-0.2, -0.15) is 0 Å². The van der Waals surface area contributed by atoms with Gasteiger partial charge < -0.3 is 14.2 Å². The lowest BCUT2D eigenvalue weighted by Crippen LogP contribution is -2.35. The summed E-state index contributed by atoms with van der Waals surface area (Å²) in [5, 5.41) is 0. The first-order chi connectivity index (χ1) is 16.9. The Morgan fingerprint density at radius 3 is 2.63 bits per heavy atom. The van der Waals surface area contributed by atoms with Crippen LogP contribution in [0.25, 0.3) is 11.0 Å². The van der Waals surface area contributed by atoms with Gasteiger partial charge in [0.2, 0.25) is 0 Å². The number of hydrogen-bond acceptors (Lipinski definition) is 4. The quantitative estimate of drug-likeness (QED) is 0.436. The predicted octanol–water partition coefficient (Wildman–Crippen LogP) is 4.86. The zero-order valence-electron chi connectivity index (χ0n) is 20.8. The number of aromatic nitrogens is 2. The molecule has 35 heavy (non-hydrogen) atoms. The number of ether oxygens (including phenoxy) is 1. The number of nitrogens with zero attached hydrogens (tertiary/aromatic N) is 4. The van der Waals surface area contributed by atoms with Gasteiger partial charge in [0.1, 0.15) is 17.5 Å². The molecular weight excluding hydrogens is 450 g/mol. The van der Waals surface area contributed by atoms with Crippen molar-refractivity contribution in [3.05, 3.63) is 65.0 Å². The third-order valence-corrected chi connectivity index (χ3v) is 6.21. The molecule has 0 saturated carbocycles. The van der Waals surface area contributed by atoms with Gasteiger partial charge in [-0.05, 0) is 48.2 Å². The Bertz CT molecular complexity index is 1170. The van der Waals surface area contributed by atoms with Crippen molar-refractivity contribution in [1.29, 1.82) is 0 Å². The molecule has 0 bridgehead atoms. The topological polar surface area (TPSA) is 50.6 Å². The van der Waals surface area contributed by atoms with E-state index in [2.05, 4.69) is 34.6 Å². The third kappa shape index (κ3) is 6.05. The molecule has 8 heteroatoms. The molecule has 1 fully saturated rings. The van der Waals surface area contributed by atoms with Crippen LogP contribution in [0, 0.1) is 17.6 Å². The van der Waals surface area contributed by atoms with Crippen molar-refractivity contribution in [2.45, 2.75) is 46.8 Å². The number of rotatable bonds is 9. The minimum absolute atomic E-state index is 0.152. The maximum absolute atomic E-state index is 14.4. The molecule has 2 heterocycles. The highest BCUT2D eigenvalue weighted by atomic mass is 19.1. The van der Waals surface area contributed by atoms with E-state index in [4.69, 9.17) is 9.72 Å².